The molecule has 0 spiro atoms. The molecule has 1 aliphatic heterocycles. The van der Waals surface area contributed by atoms with Gasteiger partial charge < -0.3 is 14.2 Å². The van der Waals surface area contributed by atoms with Crippen molar-refractivity contribution in [3.63, 3.8) is 0 Å². The van der Waals surface area contributed by atoms with E-state index in [4.69, 9.17) is 9.47 Å². The monoisotopic (exact) mass is 388 g/mol. The van der Waals surface area contributed by atoms with E-state index in [1.54, 1.807) is 6.92 Å². The normalized spacial score (nSPS) is 25.0. The number of thioether (sulfide) groups is 1. The molecule has 0 aliphatic carbocycles. The van der Waals surface area contributed by atoms with Crippen LogP contribution < -0.4 is 0 Å². The molecule has 122 valence electrons. The molecule has 0 unspecified atom stereocenters. The summed E-state index contributed by atoms with van der Waals surface area (Å²) in [6.07, 6.45) is 2.12. The van der Waals surface area contributed by atoms with Crippen molar-refractivity contribution in [2.24, 2.45) is 5.92 Å². The Kier molecular flexibility index (Phi) is 6.74. The van der Waals surface area contributed by atoms with E-state index in [1.807, 2.05) is 11.8 Å². The largest absolute Gasteiger partial charge is 0.465 e. The minimum Gasteiger partial charge on any atom is -0.465 e. The molecule has 0 aromatic heterocycles. The summed E-state index contributed by atoms with van der Waals surface area (Å²) >= 11 is 5.28. The second-order valence-electron chi connectivity index (χ2n) is 5.37. The molecule has 1 aromatic carbocycles. The Bertz CT molecular complexity index is 483. The van der Waals surface area contributed by atoms with Crippen LogP contribution in [0.4, 0.5) is 0 Å². The zero-order valence-corrected chi connectivity index (χ0v) is 15.2. The second kappa shape index (κ2) is 8.34. The van der Waals surface area contributed by atoms with Crippen LogP contribution in [0.15, 0.2) is 33.6 Å². The highest BCUT2D eigenvalue weighted by Gasteiger charge is 2.41. The van der Waals surface area contributed by atoms with E-state index in [0.29, 0.717) is 19.1 Å². The number of esters is 1. The summed E-state index contributed by atoms with van der Waals surface area (Å²) in [6.45, 7) is 2.68. The number of ether oxygens (including phenoxy) is 3. The lowest BCUT2D eigenvalue weighted by Gasteiger charge is -2.35. The lowest BCUT2D eigenvalue weighted by atomic mass is 10.0. The van der Waals surface area contributed by atoms with Crippen LogP contribution in [0.1, 0.15) is 19.8 Å². The van der Waals surface area contributed by atoms with Crippen molar-refractivity contribution in [3.8, 4) is 0 Å². The Morgan fingerprint density at radius 2 is 2.00 bits per heavy atom. The molecule has 0 N–H and O–H groups in total. The van der Waals surface area contributed by atoms with Gasteiger partial charge in [0.1, 0.15) is 0 Å². The van der Waals surface area contributed by atoms with E-state index in [2.05, 4.69) is 44.9 Å². The molecule has 1 fully saturated rings. The van der Waals surface area contributed by atoms with Gasteiger partial charge in [-0.1, -0.05) is 15.9 Å². The van der Waals surface area contributed by atoms with Crippen LogP contribution in [0.3, 0.4) is 0 Å². The molecule has 0 bridgehead atoms. The molecule has 6 heteroatoms. The van der Waals surface area contributed by atoms with Gasteiger partial charge in [-0.2, -0.15) is 0 Å². The first-order valence-electron chi connectivity index (χ1n) is 7.28. The molecule has 0 amide bonds. The van der Waals surface area contributed by atoms with Crippen molar-refractivity contribution in [2.45, 2.75) is 30.4 Å². The number of rotatable bonds is 6. The molecule has 0 radical (unpaired) electrons. The number of carbonyl (C=O) groups excluding carboxylic acids is 1. The molecule has 1 aromatic rings. The van der Waals surface area contributed by atoms with Crippen LogP contribution in [0.2, 0.25) is 0 Å². The smallest absolute Gasteiger partial charge is 0.366 e. The third kappa shape index (κ3) is 4.98. The summed E-state index contributed by atoms with van der Waals surface area (Å²) in [5.74, 6) is -0.316. The average molecular weight is 389 g/mol. The maximum atomic E-state index is 11.6. The molecule has 22 heavy (non-hydrogen) atoms. The highest BCUT2D eigenvalue weighted by Crippen LogP contribution is 2.27. The van der Waals surface area contributed by atoms with Gasteiger partial charge in [0, 0.05) is 22.2 Å². The van der Waals surface area contributed by atoms with Crippen LogP contribution in [-0.4, -0.2) is 37.8 Å². The fourth-order valence-corrected chi connectivity index (χ4v) is 3.35. The first-order valence-corrected chi connectivity index (χ1v) is 9.06. The minimum absolute atomic E-state index is 0.336. The molecular weight excluding hydrogens is 368 g/mol. The van der Waals surface area contributed by atoms with Gasteiger partial charge in [0.05, 0.1) is 20.3 Å². The second-order valence-corrected chi connectivity index (χ2v) is 7.45. The quantitative estimate of drug-likeness (QED) is 0.420. The van der Waals surface area contributed by atoms with Crippen LogP contribution in [0.25, 0.3) is 0 Å². The van der Waals surface area contributed by atoms with Gasteiger partial charge in [0.15, 0.2) is 0 Å². The molecule has 2 rings (SSSR count). The zero-order chi connectivity index (χ0) is 16.0. The van der Waals surface area contributed by atoms with E-state index >= 15 is 0 Å². The molecule has 4 nitrogen and oxygen atoms in total. The highest BCUT2D eigenvalue weighted by atomic mass is 79.9. The van der Waals surface area contributed by atoms with Gasteiger partial charge in [0.25, 0.3) is 5.79 Å². The molecule has 0 saturated carbocycles. The molecule has 1 saturated heterocycles. The van der Waals surface area contributed by atoms with Crippen molar-refractivity contribution in [3.05, 3.63) is 28.7 Å². The fraction of sp³-hybridized carbons (Fsp3) is 0.562. The molecule has 1 heterocycles. The predicted octanol–water partition coefficient (Wildman–Crippen LogP) is 3.87. The van der Waals surface area contributed by atoms with Crippen molar-refractivity contribution in [1.82, 2.24) is 0 Å². The topological polar surface area (TPSA) is 44.8 Å². The van der Waals surface area contributed by atoms with Crippen LogP contribution in [0.5, 0.6) is 0 Å². The minimum atomic E-state index is -1.24. The maximum Gasteiger partial charge on any atom is 0.366 e. The van der Waals surface area contributed by atoms with E-state index in [9.17, 15) is 4.79 Å². The fourth-order valence-electron chi connectivity index (χ4n) is 2.21. The number of hydrogen-bond acceptors (Lipinski definition) is 5. The lowest BCUT2D eigenvalue weighted by molar-refractivity contribution is -0.272. The number of halogens is 1. The number of hydrogen-bond donors (Lipinski definition) is 0. The third-order valence-electron chi connectivity index (χ3n) is 3.58. The Hall–Kier alpha value is -0.560. The Labute approximate surface area is 144 Å². The number of methoxy groups -OCH3 is 1. The first-order chi connectivity index (χ1) is 10.5. The molecular formula is C16H21BrO4S. The summed E-state index contributed by atoms with van der Waals surface area (Å²) < 4.78 is 16.9. The first kappa shape index (κ1) is 17.8. The van der Waals surface area contributed by atoms with Gasteiger partial charge in [0.2, 0.25) is 0 Å². The van der Waals surface area contributed by atoms with Gasteiger partial charge in [-0.25, -0.2) is 4.79 Å². The van der Waals surface area contributed by atoms with Gasteiger partial charge in [-0.3, -0.25) is 0 Å². The Morgan fingerprint density at radius 1 is 1.36 bits per heavy atom. The van der Waals surface area contributed by atoms with Crippen molar-refractivity contribution >= 4 is 33.7 Å². The predicted molar refractivity (Wildman–Crippen MR) is 89.9 cm³/mol. The highest BCUT2D eigenvalue weighted by molar-refractivity contribution is 9.10. The summed E-state index contributed by atoms with van der Waals surface area (Å²) in [6, 6.07) is 8.34. The zero-order valence-electron chi connectivity index (χ0n) is 12.8. The van der Waals surface area contributed by atoms with Crippen LogP contribution >= 0.6 is 27.7 Å². The molecule has 0 atom stereocenters. The van der Waals surface area contributed by atoms with E-state index in [0.717, 1.165) is 23.1 Å². The lowest BCUT2D eigenvalue weighted by Crippen LogP contribution is -2.48. The van der Waals surface area contributed by atoms with E-state index < -0.39 is 11.8 Å². The molecule has 1 aliphatic rings. The van der Waals surface area contributed by atoms with Crippen molar-refractivity contribution in [2.75, 3.05) is 26.1 Å². The standard InChI is InChI=1S/C16H21BrO4S/c1-16(15(18)19-2)20-10-12(11-21-16)4-3-9-22-14-7-5-13(17)6-8-14/h5-8,12H,3-4,9-11H2,1-2H3. The van der Waals surface area contributed by atoms with Gasteiger partial charge >= 0.3 is 5.97 Å². The summed E-state index contributed by atoms with van der Waals surface area (Å²) in [4.78, 5) is 12.8. The summed E-state index contributed by atoms with van der Waals surface area (Å²) in [5, 5.41) is 0. The Morgan fingerprint density at radius 3 is 2.59 bits per heavy atom. The van der Waals surface area contributed by atoms with Crippen molar-refractivity contribution in [1.29, 1.82) is 0 Å². The van der Waals surface area contributed by atoms with Crippen LogP contribution in [-0.2, 0) is 19.0 Å². The Balaban J connectivity index is 1.65. The summed E-state index contributed by atoms with van der Waals surface area (Å²) in [7, 11) is 1.34. The summed E-state index contributed by atoms with van der Waals surface area (Å²) in [5.41, 5.74) is 0. The van der Waals surface area contributed by atoms with Gasteiger partial charge in [-0.05, 0) is 42.9 Å². The average Bonchev–Trinajstić information content (AvgIpc) is 2.54. The van der Waals surface area contributed by atoms with Gasteiger partial charge in [-0.15, -0.1) is 11.8 Å². The van der Waals surface area contributed by atoms with Crippen LogP contribution in [0, 0.1) is 5.92 Å². The van der Waals surface area contributed by atoms with E-state index in [-0.39, 0.29) is 0 Å². The SMILES string of the molecule is COC(=O)C1(C)OCC(CCCSc2ccc(Br)cc2)CO1. The van der Waals surface area contributed by atoms with E-state index in [1.165, 1.54) is 12.0 Å². The van der Waals surface area contributed by atoms with Crippen molar-refractivity contribution < 1.29 is 19.0 Å². The number of carbonyl (C=O) groups is 1. The third-order valence-corrected chi connectivity index (χ3v) is 5.21. The maximum absolute atomic E-state index is 11.6. The number of benzene rings is 1.